The van der Waals surface area contributed by atoms with E-state index in [9.17, 15) is 9.59 Å². The molecule has 1 saturated heterocycles. The Morgan fingerprint density at radius 3 is 2.57 bits per heavy atom. The molecule has 35 heavy (non-hydrogen) atoms. The fourth-order valence-corrected chi connectivity index (χ4v) is 4.64. The maximum absolute atomic E-state index is 13.1. The lowest BCUT2D eigenvalue weighted by Gasteiger charge is -2.26. The van der Waals surface area contributed by atoms with Crippen molar-refractivity contribution < 1.29 is 14.3 Å². The standard InChI is InChI=1S/C28H28N4O3/c1-35-28(34)20-10-13-23-22(17-20)25(27(33)31-23)26(24-7-3-4-14-29-24)30-21-11-8-19(9-12-21)18-32-15-5-2-6-16-32/h3-4,7-14,17,30H,2,5-6,15-16,18H2,1H3,(H,31,33)/b26-25-. The number of esters is 1. The average molecular weight is 469 g/mol. The summed E-state index contributed by atoms with van der Waals surface area (Å²) < 4.78 is 4.87. The molecular weight excluding hydrogens is 440 g/mol. The number of likely N-dealkylation sites (tertiary alicyclic amines) is 1. The Kier molecular flexibility index (Phi) is 6.59. The molecule has 2 aliphatic heterocycles. The Hall–Kier alpha value is -3.97. The van der Waals surface area contributed by atoms with Crippen LogP contribution in [-0.2, 0) is 16.1 Å². The predicted molar refractivity (Wildman–Crippen MR) is 137 cm³/mol. The molecule has 0 aliphatic carbocycles. The zero-order valence-electron chi connectivity index (χ0n) is 19.7. The molecule has 0 atom stereocenters. The molecule has 2 aromatic carbocycles. The van der Waals surface area contributed by atoms with E-state index in [0.717, 1.165) is 25.3 Å². The SMILES string of the molecule is COC(=O)c1ccc2c(c1)/C(=C(/Nc1ccc(CN3CCCCC3)cc1)c1ccccn1)C(=O)N2. The van der Waals surface area contributed by atoms with Crippen molar-refractivity contribution in [2.24, 2.45) is 0 Å². The normalized spacial score (nSPS) is 16.9. The van der Waals surface area contributed by atoms with Gasteiger partial charge in [-0.2, -0.15) is 0 Å². The number of hydrogen-bond acceptors (Lipinski definition) is 6. The molecule has 1 aromatic heterocycles. The van der Waals surface area contributed by atoms with Gasteiger partial charge in [0.2, 0.25) is 0 Å². The summed E-state index contributed by atoms with van der Waals surface area (Å²) in [7, 11) is 1.34. The van der Waals surface area contributed by atoms with E-state index in [1.54, 1.807) is 24.4 Å². The maximum Gasteiger partial charge on any atom is 0.337 e. The monoisotopic (exact) mass is 468 g/mol. The van der Waals surface area contributed by atoms with E-state index in [1.165, 1.54) is 31.9 Å². The molecule has 1 amide bonds. The number of amides is 1. The second kappa shape index (κ2) is 10.1. The minimum atomic E-state index is -0.455. The fraction of sp³-hybridized carbons (Fsp3) is 0.250. The minimum Gasteiger partial charge on any atom is -0.465 e. The Morgan fingerprint density at radius 1 is 1.06 bits per heavy atom. The largest absolute Gasteiger partial charge is 0.465 e. The first-order valence-electron chi connectivity index (χ1n) is 11.9. The number of carbonyl (C=O) groups excluding carboxylic acids is 2. The van der Waals surface area contributed by atoms with Crippen molar-refractivity contribution in [2.75, 3.05) is 30.8 Å². The van der Waals surface area contributed by atoms with Crippen LogP contribution >= 0.6 is 0 Å². The van der Waals surface area contributed by atoms with Gasteiger partial charge in [-0.05, 0) is 74.0 Å². The Morgan fingerprint density at radius 2 is 1.86 bits per heavy atom. The third-order valence-electron chi connectivity index (χ3n) is 6.43. The summed E-state index contributed by atoms with van der Waals surface area (Å²) in [6.07, 6.45) is 5.55. The van der Waals surface area contributed by atoms with Crippen LogP contribution in [0.25, 0.3) is 11.3 Å². The van der Waals surface area contributed by atoms with E-state index in [4.69, 9.17) is 4.74 Å². The van der Waals surface area contributed by atoms with Crippen LogP contribution in [0.5, 0.6) is 0 Å². The van der Waals surface area contributed by atoms with Gasteiger partial charge in [-0.3, -0.25) is 14.7 Å². The lowest BCUT2D eigenvalue weighted by atomic mass is 10.00. The van der Waals surface area contributed by atoms with Crippen LogP contribution in [0.3, 0.4) is 0 Å². The summed E-state index contributed by atoms with van der Waals surface area (Å²) in [5.74, 6) is -0.708. The van der Waals surface area contributed by atoms with Crippen LogP contribution < -0.4 is 10.6 Å². The highest BCUT2D eigenvalue weighted by atomic mass is 16.5. The van der Waals surface area contributed by atoms with Gasteiger partial charge in [-0.15, -0.1) is 0 Å². The number of ether oxygens (including phenoxy) is 1. The minimum absolute atomic E-state index is 0.253. The fourth-order valence-electron chi connectivity index (χ4n) is 4.64. The molecule has 178 valence electrons. The molecule has 0 saturated carbocycles. The molecular formula is C28H28N4O3. The summed E-state index contributed by atoms with van der Waals surface area (Å²) in [6.45, 7) is 3.25. The van der Waals surface area contributed by atoms with Gasteiger partial charge < -0.3 is 15.4 Å². The van der Waals surface area contributed by atoms with Crippen molar-refractivity contribution in [3.05, 3.63) is 89.2 Å². The maximum atomic E-state index is 13.1. The molecule has 0 spiro atoms. The lowest BCUT2D eigenvalue weighted by molar-refractivity contribution is -0.110. The number of hydrogen-bond donors (Lipinski definition) is 2. The lowest BCUT2D eigenvalue weighted by Crippen LogP contribution is -2.29. The molecule has 0 bridgehead atoms. The van der Waals surface area contributed by atoms with Gasteiger partial charge >= 0.3 is 5.97 Å². The highest BCUT2D eigenvalue weighted by Crippen LogP contribution is 2.37. The average Bonchev–Trinajstić information content (AvgIpc) is 3.23. The van der Waals surface area contributed by atoms with Crippen LogP contribution in [0.15, 0.2) is 66.9 Å². The van der Waals surface area contributed by atoms with Gasteiger partial charge in [0.1, 0.15) is 0 Å². The first-order valence-corrected chi connectivity index (χ1v) is 11.9. The first-order chi connectivity index (χ1) is 17.1. The van der Waals surface area contributed by atoms with Gasteiger partial charge in [-0.1, -0.05) is 24.6 Å². The van der Waals surface area contributed by atoms with E-state index >= 15 is 0 Å². The van der Waals surface area contributed by atoms with E-state index in [-0.39, 0.29) is 5.91 Å². The van der Waals surface area contributed by atoms with Crippen molar-refractivity contribution in [1.29, 1.82) is 0 Å². The molecule has 0 radical (unpaired) electrons. The van der Waals surface area contributed by atoms with E-state index in [1.807, 2.05) is 30.3 Å². The Bertz CT molecular complexity index is 1260. The van der Waals surface area contributed by atoms with Crippen LogP contribution in [0.4, 0.5) is 11.4 Å². The number of methoxy groups -OCH3 is 1. The quantitative estimate of drug-likeness (QED) is 0.400. The second-order valence-corrected chi connectivity index (χ2v) is 8.83. The molecule has 0 unspecified atom stereocenters. The van der Waals surface area contributed by atoms with E-state index < -0.39 is 5.97 Å². The predicted octanol–water partition coefficient (Wildman–Crippen LogP) is 4.79. The van der Waals surface area contributed by atoms with Gasteiger partial charge in [-0.25, -0.2) is 4.79 Å². The molecule has 2 N–H and O–H groups in total. The number of fused-ring (bicyclic) bond motifs is 1. The number of pyridine rings is 1. The van der Waals surface area contributed by atoms with Gasteiger partial charge in [0.05, 0.1) is 29.6 Å². The number of benzene rings is 2. The molecule has 5 rings (SSSR count). The van der Waals surface area contributed by atoms with Gasteiger partial charge in [0.25, 0.3) is 5.91 Å². The summed E-state index contributed by atoms with van der Waals surface area (Å²) >= 11 is 0. The van der Waals surface area contributed by atoms with Crippen molar-refractivity contribution in [3.8, 4) is 0 Å². The zero-order valence-corrected chi connectivity index (χ0v) is 19.7. The van der Waals surface area contributed by atoms with Crippen molar-refractivity contribution in [2.45, 2.75) is 25.8 Å². The van der Waals surface area contributed by atoms with E-state index in [2.05, 4.69) is 32.7 Å². The van der Waals surface area contributed by atoms with Crippen LogP contribution in [0.1, 0.15) is 46.4 Å². The van der Waals surface area contributed by atoms with Crippen molar-refractivity contribution in [1.82, 2.24) is 9.88 Å². The summed E-state index contributed by atoms with van der Waals surface area (Å²) in [5, 5.41) is 6.33. The smallest absolute Gasteiger partial charge is 0.337 e. The zero-order chi connectivity index (χ0) is 24.2. The number of piperidine rings is 1. The van der Waals surface area contributed by atoms with Crippen LogP contribution in [-0.4, -0.2) is 42.0 Å². The molecule has 3 heterocycles. The van der Waals surface area contributed by atoms with Crippen LogP contribution in [0, 0.1) is 0 Å². The second-order valence-electron chi connectivity index (χ2n) is 8.83. The summed E-state index contributed by atoms with van der Waals surface area (Å²) in [5.41, 5.74) is 5.41. The molecule has 2 aliphatic rings. The molecule has 3 aromatic rings. The highest BCUT2D eigenvalue weighted by Gasteiger charge is 2.30. The third kappa shape index (κ3) is 4.95. The molecule has 1 fully saturated rings. The molecule has 7 nitrogen and oxygen atoms in total. The van der Waals surface area contributed by atoms with Gasteiger partial charge in [0.15, 0.2) is 0 Å². The molecule has 7 heteroatoms. The third-order valence-corrected chi connectivity index (χ3v) is 6.43. The van der Waals surface area contributed by atoms with Crippen molar-refractivity contribution >= 4 is 34.5 Å². The van der Waals surface area contributed by atoms with Gasteiger partial charge in [0, 0.05) is 29.7 Å². The topological polar surface area (TPSA) is 83.6 Å². The summed E-state index contributed by atoms with van der Waals surface area (Å²) in [4.78, 5) is 32.2. The Balaban J connectivity index is 1.50. The summed E-state index contributed by atoms with van der Waals surface area (Å²) in [6, 6.07) is 18.9. The number of rotatable bonds is 6. The number of anilines is 2. The first kappa shape index (κ1) is 22.8. The van der Waals surface area contributed by atoms with E-state index in [0.29, 0.717) is 33.8 Å². The number of aromatic nitrogens is 1. The van der Waals surface area contributed by atoms with Crippen LogP contribution in [0.2, 0.25) is 0 Å². The number of carbonyl (C=O) groups is 2. The Labute approximate surface area is 204 Å². The number of nitrogens with one attached hydrogen (secondary N) is 2. The highest BCUT2D eigenvalue weighted by molar-refractivity contribution is 6.37. The van der Waals surface area contributed by atoms with Crippen molar-refractivity contribution in [3.63, 3.8) is 0 Å². The number of nitrogens with zero attached hydrogens (tertiary/aromatic N) is 2.